The number of carbonyl (C=O) groups is 2. The minimum atomic E-state index is -0.246. The second-order valence-electron chi connectivity index (χ2n) is 6.56. The lowest BCUT2D eigenvalue weighted by Crippen LogP contribution is -2.31. The molecule has 0 spiro atoms. The molecule has 1 unspecified atom stereocenters. The summed E-state index contributed by atoms with van der Waals surface area (Å²) in [6.07, 6.45) is 2.87. The van der Waals surface area contributed by atoms with Gasteiger partial charge in [0.05, 0.1) is 11.7 Å². The molecule has 1 aliphatic carbocycles. The van der Waals surface area contributed by atoms with E-state index in [4.69, 9.17) is 4.74 Å². The molecule has 1 heterocycles. The predicted octanol–water partition coefficient (Wildman–Crippen LogP) is 2.76. The Morgan fingerprint density at radius 2 is 1.89 bits per heavy atom. The molecule has 1 saturated heterocycles. The van der Waals surface area contributed by atoms with E-state index in [2.05, 4.69) is 0 Å². The third-order valence-electron chi connectivity index (χ3n) is 4.61. The van der Waals surface area contributed by atoms with Crippen molar-refractivity contribution in [3.63, 3.8) is 0 Å². The van der Waals surface area contributed by atoms with E-state index >= 15 is 0 Å². The van der Waals surface area contributed by atoms with Crippen molar-refractivity contribution in [1.82, 2.24) is 0 Å². The van der Waals surface area contributed by atoms with Crippen LogP contribution in [0.2, 0.25) is 0 Å². The first-order valence-electron chi connectivity index (χ1n) is 7.06. The van der Waals surface area contributed by atoms with Crippen molar-refractivity contribution in [2.24, 2.45) is 17.8 Å². The van der Waals surface area contributed by atoms with Gasteiger partial charge >= 0.3 is 0 Å². The summed E-state index contributed by atoms with van der Waals surface area (Å²) in [5.74, 6) is 0.614. The van der Waals surface area contributed by atoms with E-state index in [1.165, 1.54) is 0 Å². The van der Waals surface area contributed by atoms with Gasteiger partial charge in [-0.25, -0.2) is 0 Å². The van der Waals surface area contributed by atoms with E-state index < -0.39 is 0 Å². The van der Waals surface area contributed by atoms with Gasteiger partial charge in [0.2, 0.25) is 0 Å². The molecule has 0 N–H and O–H groups in total. The minimum absolute atomic E-state index is 0.0607. The molecule has 1 saturated carbocycles. The van der Waals surface area contributed by atoms with Gasteiger partial charge in [0.15, 0.2) is 0 Å². The summed E-state index contributed by atoms with van der Waals surface area (Å²) in [7, 11) is 0. The molecule has 3 heteroatoms. The summed E-state index contributed by atoms with van der Waals surface area (Å²) in [6.45, 7) is 8.06. The lowest BCUT2D eigenvalue weighted by molar-refractivity contribution is -0.131. The largest absolute Gasteiger partial charge is 0.366 e. The van der Waals surface area contributed by atoms with E-state index in [0.717, 1.165) is 12.8 Å². The van der Waals surface area contributed by atoms with E-state index in [9.17, 15) is 9.59 Å². The highest BCUT2D eigenvalue weighted by atomic mass is 16.6. The molecule has 18 heavy (non-hydrogen) atoms. The summed E-state index contributed by atoms with van der Waals surface area (Å²) in [5.41, 5.74) is -0.246. The third kappa shape index (κ3) is 2.66. The first kappa shape index (κ1) is 13.7. The lowest BCUT2D eigenvalue weighted by atomic mass is 9.79. The molecule has 3 nitrogen and oxygen atoms in total. The molecule has 0 radical (unpaired) electrons. The molecule has 2 fully saturated rings. The molecule has 2 rings (SSSR count). The number of hydrogen-bond donors (Lipinski definition) is 0. The van der Waals surface area contributed by atoms with E-state index in [1.807, 2.05) is 27.7 Å². The van der Waals surface area contributed by atoms with Crippen LogP contribution in [0.1, 0.15) is 53.4 Å². The molecule has 1 aliphatic heterocycles. The summed E-state index contributed by atoms with van der Waals surface area (Å²) >= 11 is 0. The summed E-state index contributed by atoms with van der Waals surface area (Å²) in [4.78, 5) is 24.4. The standard InChI is InChI=1S/C15H24O3/c1-9(2)11-7-12(16)10(3)5-6-14-15(4,18-14)8-13(11)17/h9-11,14H,5-8H2,1-4H3/t10-,11-,14+,15?/m0/s1. The van der Waals surface area contributed by atoms with Crippen molar-refractivity contribution in [3.05, 3.63) is 0 Å². The van der Waals surface area contributed by atoms with Crippen LogP contribution in [0.4, 0.5) is 0 Å². The Morgan fingerprint density at radius 1 is 1.22 bits per heavy atom. The minimum Gasteiger partial charge on any atom is -0.366 e. The Hall–Kier alpha value is -0.700. The number of carbonyl (C=O) groups excluding carboxylic acids is 2. The van der Waals surface area contributed by atoms with Crippen LogP contribution in [0.5, 0.6) is 0 Å². The maximum Gasteiger partial charge on any atom is 0.139 e. The second kappa shape index (κ2) is 4.76. The normalized spacial score (nSPS) is 41.7. The summed E-state index contributed by atoms with van der Waals surface area (Å²) in [5, 5.41) is 0. The fourth-order valence-electron chi connectivity index (χ4n) is 2.99. The van der Waals surface area contributed by atoms with Crippen LogP contribution in [0, 0.1) is 17.8 Å². The van der Waals surface area contributed by atoms with Gasteiger partial charge in [-0.2, -0.15) is 0 Å². The van der Waals surface area contributed by atoms with Crippen LogP contribution in [0.25, 0.3) is 0 Å². The molecule has 2 aliphatic rings. The van der Waals surface area contributed by atoms with E-state index in [-0.39, 0.29) is 41.0 Å². The second-order valence-corrected chi connectivity index (χ2v) is 6.56. The predicted molar refractivity (Wildman–Crippen MR) is 69.3 cm³/mol. The zero-order chi connectivity index (χ0) is 13.5. The highest BCUT2D eigenvalue weighted by molar-refractivity contribution is 5.89. The number of rotatable bonds is 1. The van der Waals surface area contributed by atoms with Gasteiger partial charge in [0, 0.05) is 24.7 Å². The molecule has 0 amide bonds. The van der Waals surface area contributed by atoms with Crippen LogP contribution >= 0.6 is 0 Å². The fraction of sp³-hybridized carbons (Fsp3) is 0.867. The average molecular weight is 252 g/mol. The Bertz CT molecular complexity index is 361. The molecular weight excluding hydrogens is 228 g/mol. The number of epoxide rings is 1. The van der Waals surface area contributed by atoms with Gasteiger partial charge in [-0.15, -0.1) is 0 Å². The molecule has 0 bridgehead atoms. The van der Waals surface area contributed by atoms with Crippen molar-refractivity contribution in [1.29, 1.82) is 0 Å². The van der Waals surface area contributed by atoms with Gasteiger partial charge in [-0.3, -0.25) is 9.59 Å². The van der Waals surface area contributed by atoms with Crippen LogP contribution in [0.3, 0.4) is 0 Å². The molecule has 0 aromatic carbocycles. The first-order valence-corrected chi connectivity index (χ1v) is 7.06. The highest BCUT2D eigenvalue weighted by Crippen LogP contribution is 2.44. The van der Waals surface area contributed by atoms with Crippen LogP contribution in [-0.4, -0.2) is 23.3 Å². The zero-order valence-corrected chi connectivity index (χ0v) is 11.9. The highest BCUT2D eigenvalue weighted by Gasteiger charge is 2.54. The van der Waals surface area contributed by atoms with Crippen molar-refractivity contribution in [2.75, 3.05) is 0 Å². The molecular formula is C15H24O3. The number of fused-ring (bicyclic) bond motifs is 1. The van der Waals surface area contributed by atoms with E-state index in [0.29, 0.717) is 12.8 Å². The number of Topliss-reactive ketones (excluding diaryl/α,β-unsaturated/α-hetero) is 2. The zero-order valence-electron chi connectivity index (χ0n) is 11.9. The summed E-state index contributed by atoms with van der Waals surface area (Å²) in [6, 6.07) is 0. The van der Waals surface area contributed by atoms with Gasteiger partial charge in [0.1, 0.15) is 11.6 Å². The lowest BCUT2D eigenvalue weighted by Gasteiger charge is -2.23. The summed E-state index contributed by atoms with van der Waals surface area (Å²) < 4.78 is 5.69. The van der Waals surface area contributed by atoms with Gasteiger partial charge in [0.25, 0.3) is 0 Å². The first-order chi connectivity index (χ1) is 8.33. The number of ether oxygens (including phenoxy) is 1. The van der Waals surface area contributed by atoms with Crippen molar-refractivity contribution in [2.45, 2.75) is 65.1 Å². The number of ketones is 2. The smallest absolute Gasteiger partial charge is 0.139 e. The van der Waals surface area contributed by atoms with Crippen LogP contribution < -0.4 is 0 Å². The van der Waals surface area contributed by atoms with E-state index in [1.54, 1.807) is 0 Å². The Labute approximate surface area is 109 Å². The molecule has 0 aromatic heterocycles. The SMILES string of the molecule is CC(C)[C@@H]1CC(=O)[C@@H](C)CC[C@H]2OC2(C)CC1=O. The topological polar surface area (TPSA) is 46.7 Å². The van der Waals surface area contributed by atoms with Crippen molar-refractivity contribution >= 4 is 11.6 Å². The van der Waals surface area contributed by atoms with Crippen molar-refractivity contribution in [3.8, 4) is 0 Å². The Kier molecular flexibility index (Phi) is 3.63. The van der Waals surface area contributed by atoms with Crippen LogP contribution in [0.15, 0.2) is 0 Å². The van der Waals surface area contributed by atoms with Gasteiger partial charge in [-0.05, 0) is 25.7 Å². The Balaban J connectivity index is 2.16. The monoisotopic (exact) mass is 252 g/mol. The Morgan fingerprint density at radius 3 is 2.50 bits per heavy atom. The average Bonchev–Trinajstić information content (AvgIpc) is 2.91. The fourth-order valence-corrected chi connectivity index (χ4v) is 2.99. The quantitative estimate of drug-likeness (QED) is 0.674. The van der Waals surface area contributed by atoms with Gasteiger partial charge < -0.3 is 4.74 Å². The van der Waals surface area contributed by atoms with Gasteiger partial charge in [-0.1, -0.05) is 20.8 Å². The molecule has 0 aromatic rings. The number of hydrogen-bond acceptors (Lipinski definition) is 3. The van der Waals surface area contributed by atoms with Crippen LogP contribution in [-0.2, 0) is 14.3 Å². The third-order valence-corrected chi connectivity index (χ3v) is 4.61. The van der Waals surface area contributed by atoms with Crippen molar-refractivity contribution < 1.29 is 14.3 Å². The maximum atomic E-state index is 12.3. The molecule has 4 atom stereocenters. The molecule has 102 valence electrons. The maximum absolute atomic E-state index is 12.3.